The quantitative estimate of drug-likeness (QED) is 0.817. The Bertz CT molecular complexity index is 372. The maximum absolute atomic E-state index is 11.7. The van der Waals surface area contributed by atoms with E-state index in [0.29, 0.717) is 6.42 Å². The van der Waals surface area contributed by atoms with Crippen molar-refractivity contribution in [3.63, 3.8) is 0 Å². The van der Waals surface area contributed by atoms with Gasteiger partial charge in [-0.25, -0.2) is 0 Å². The van der Waals surface area contributed by atoms with E-state index in [1.54, 1.807) is 0 Å². The van der Waals surface area contributed by atoms with Gasteiger partial charge in [-0.15, -0.1) is 0 Å². The van der Waals surface area contributed by atoms with E-state index in [2.05, 4.69) is 12.2 Å². The van der Waals surface area contributed by atoms with Gasteiger partial charge in [-0.1, -0.05) is 25.1 Å². The zero-order chi connectivity index (χ0) is 12.1. The lowest BCUT2D eigenvalue weighted by Crippen LogP contribution is -2.24. The van der Waals surface area contributed by atoms with Gasteiger partial charge in [0, 0.05) is 18.2 Å². The lowest BCUT2D eigenvalue weighted by molar-refractivity contribution is -0.116. The average Bonchev–Trinajstić information content (AvgIpc) is 2.20. The topological polar surface area (TPSA) is 55.1 Å². The molecule has 0 spiro atoms. The lowest BCUT2D eigenvalue weighted by Gasteiger charge is -2.13. The van der Waals surface area contributed by atoms with Crippen molar-refractivity contribution in [1.29, 1.82) is 0 Å². The summed E-state index contributed by atoms with van der Waals surface area (Å²) in [6.07, 6.45) is 1.27. The number of nitrogens with one attached hydrogen (secondary N) is 1. The molecular weight excluding hydrogens is 200 g/mol. The number of anilines is 1. The Hall–Kier alpha value is -1.35. The summed E-state index contributed by atoms with van der Waals surface area (Å²) in [5, 5.41) is 2.94. The minimum atomic E-state index is -0.103. The maximum atomic E-state index is 11.7. The fourth-order valence-electron chi connectivity index (χ4n) is 1.68. The van der Waals surface area contributed by atoms with Crippen LogP contribution in [0.4, 0.5) is 5.69 Å². The van der Waals surface area contributed by atoms with Gasteiger partial charge in [-0.2, -0.15) is 0 Å². The second-order valence-electron chi connectivity index (χ2n) is 4.19. The number of carbonyl (C=O) groups is 1. The Morgan fingerprint density at radius 3 is 2.75 bits per heavy atom. The van der Waals surface area contributed by atoms with Crippen LogP contribution in [0.3, 0.4) is 0 Å². The average molecular weight is 220 g/mol. The number of carbonyl (C=O) groups excluding carboxylic acids is 1. The molecule has 1 aromatic carbocycles. The molecule has 16 heavy (non-hydrogen) atoms. The third-order valence-electron chi connectivity index (χ3n) is 2.51. The molecular formula is C13H20N2O. The Morgan fingerprint density at radius 1 is 1.50 bits per heavy atom. The maximum Gasteiger partial charge on any atom is 0.225 e. The molecule has 3 heteroatoms. The van der Waals surface area contributed by atoms with Gasteiger partial charge in [-0.05, 0) is 31.4 Å². The molecule has 1 rings (SSSR count). The molecule has 0 heterocycles. The molecule has 1 atom stereocenters. The monoisotopic (exact) mass is 220 g/mol. The molecule has 0 aromatic heterocycles. The highest BCUT2D eigenvalue weighted by atomic mass is 16.1. The van der Waals surface area contributed by atoms with Crippen molar-refractivity contribution in [2.75, 3.05) is 5.32 Å². The van der Waals surface area contributed by atoms with E-state index in [0.717, 1.165) is 23.2 Å². The molecule has 88 valence electrons. The summed E-state index contributed by atoms with van der Waals surface area (Å²) in [6.45, 7) is 5.91. The number of nitrogens with two attached hydrogens (primary N) is 1. The summed E-state index contributed by atoms with van der Waals surface area (Å²) in [6, 6.07) is 5.94. The van der Waals surface area contributed by atoms with Crippen LogP contribution in [0.1, 0.15) is 31.4 Å². The number of amides is 1. The normalized spacial score (nSPS) is 12.2. The first-order valence-electron chi connectivity index (χ1n) is 5.68. The van der Waals surface area contributed by atoms with Gasteiger partial charge in [0.25, 0.3) is 0 Å². The van der Waals surface area contributed by atoms with Gasteiger partial charge < -0.3 is 11.1 Å². The predicted octanol–water partition coefficient (Wildman–Crippen LogP) is 2.23. The Balaban J connectivity index is 2.83. The Labute approximate surface area is 97.0 Å². The van der Waals surface area contributed by atoms with E-state index < -0.39 is 0 Å². The van der Waals surface area contributed by atoms with E-state index >= 15 is 0 Å². The number of hydrogen-bond acceptors (Lipinski definition) is 2. The lowest BCUT2D eigenvalue weighted by atomic mass is 10.1. The van der Waals surface area contributed by atoms with Crippen molar-refractivity contribution in [1.82, 2.24) is 0 Å². The number of aryl methyl sites for hydroxylation is 2. The largest absolute Gasteiger partial charge is 0.327 e. The summed E-state index contributed by atoms with van der Waals surface area (Å²) in [5.41, 5.74) is 8.79. The van der Waals surface area contributed by atoms with Crippen LogP contribution in [0, 0.1) is 6.92 Å². The molecule has 0 aliphatic heterocycles. The fraction of sp³-hybridized carbons (Fsp3) is 0.462. The molecule has 1 amide bonds. The van der Waals surface area contributed by atoms with E-state index in [4.69, 9.17) is 5.73 Å². The summed E-state index contributed by atoms with van der Waals surface area (Å²) in [4.78, 5) is 11.7. The standard InChI is InChI=1S/C13H20N2O/c1-4-11-7-5-6-9(2)13(11)15-12(16)8-10(3)14/h5-7,10H,4,8,14H2,1-3H3,(H,15,16). The number of rotatable bonds is 4. The van der Waals surface area contributed by atoms with Crippen LogP contribution in [0.15, 0.2) is 18.2 Å². The fourth-order valence-corrected chi connectivity index (χ4v) is 1.68. The molecule has 0 fully saturated rings. The van der Waals surface area contributed by atoms with E-state index in [1.807, 2.05) is 32.0 Å². The molecule has 0 radical (unpaired) electrons. The van der Waals surface area contributed by atoms with Crippen LogP contribution in [0.5, 0.6) is 0 Å². The van der Waals surface area contributed by atoms with Crippen LogP contribution in [0.2, 0.25) is 0 Å². The van der Waals surface area contributed by atoms with E-state index in [1.165, 1.54) is 0 Å². The summed E-state index contributed by atoms with van der Waals surface area (Å²) in [5.74, 6) is -0.0148. The Kier molecular flexibility index (Phi) is 4.50. The highest BCUT2D eigenvalue weighted by Gasteiger charge is 2.09. The van der Waals surface area contributed by atoms with Gasteiger partial charge in [0.2, 0.25) is 5.91 Å². The van der Waals surface area contributed by atoms with Crippen molar-refractivity contribution < 1.29 is 4.79 Å². The SMILES string of the molecule is CCc1cccc(C)c1NC(=O)CC(C)N. The van der Waals surface area contributed by atoms with Gasteiger partial charge >= 0.3 is 0 Å². The molecule has 0 aliphatic carbocycles. The van der Waals surface area contributed by atoms with Crippen molar-refractivity contribution in [2.24, 2.45) is 5.73 Å². The second-order valence-corrected chi connectivity index (χ2v) is 4.19. The molecule has 1 aromatic rings. The number of benzene rings is 1. The van der Waals surface area contributed by atoms with Crippen LogP contribution in [0.25, 0.3) is 0 Å². The molecule has 1 unspecified atom stereocenters. The number of para-hydroxylation sites is 1. The number of hydrogen-bond donors (Lipinski definition) is 2. The molecule has 3 N–H and O–H groups in total. The smallest absolute Gasteiger partial charge is 0.225 e. The molecule has 3 nitrogen and oxygen atoms in total. The third-order valence-corrected chi connectivity index (χ3v) is 2.51. The van der Waals surface area contributed by atoms with Crippen LogP contribution >= 0.6 is 0 Å². The first-order valence-corrected chi connectivity index (χ1v) is 5.68. The molecule has 0 saturated carbocycles. The summed E-state index contributed by atoms with van der Waals surface area (Å²) < 4.78 is 0. The molecule has 0 saturated heterocycles. The highest BCUT2D eigenvalue weighted by molar-refractivity contribution is 5.92. The van der Waals surface area contributed by atoms with Crippen molar-refractivity contribution in [2.45, 2.75) is 39.7 Å². The van der Waals surface area contributed by atoms with Crippen molar-refractivity contribution in [3.05, 3.63) is 29.3 Å². The van der Waals surface area contributed by atoms with Gasteiger partial charge in [0.1, 0.15) is 0 Å². The summed E-state index contributed by atoms with van der Waals surface area (Å²) in [7, 11) is 0. The van der Waals surface area contributed by atoms with Crippen molar-refractivity contribution in [3.8, 4) is 0 Å². The van der Waals surface area contributed by atoms with Crippen molar-refractivity contribution >= 4 is 11.6 Å². The van der Waals surface area contributed by atoms with Gasteiger partial charge in [0.05, 0.1) is 0 Å². The first kappa shape index (κ1) is 12.7. The van der Waals surface area contributed by atoms with Crippen LogP contribution < -0.4 is 11.1 Å². The predicted molar refractivity (Wildman–Crippen MR) is 67.5 cm³/mol. The summed E-state index contributed by atoms with van der Waals surface area (Å²) >= 11 is 0. The minimum absolute atomic E-state index is 0.0148. The molecule has 0 aliphatic rings. The first-order chi connectivity index (χ1) is 7.54. The molecule has 0 bridgehead atoms. The van der Waals surface area contributed by atoms with Gasteiger partial charge in [0.15, 0.2) is 0 Å². The zero-order valence-corrected chi connectivity index (χ0v) is 10.2. The third kappa shape index (κ3) is 3.35. The highest BCUT2D eigenvalue weighted by Crippen LogP contribution is 2.21. The van der Waals surface area contributed by atoms with Gasteiger partial charge in [-0.3, -0.25) is 4.79 Å². The van der Waals surface area contributed by atoms with Crippen LogP contribution in [-0.4, -0.2) is 11.9 Å². The second kappa shape index (κ2) is 5.66. The van der Waals surface area contributed by atoms with E-state index in [9.17, 15) is 4.79 Å². The Morgan fingerprint density at radius 2 is 2.19 bits per heavy atom. The minimum Gasteiger partial charge on any atom is -0.327 e. The van der Waals surface area contributed by atoms with E-state index in [-0.39, 0.29) is 11.9 Å². The zero-order valence-electron chi connectivity index (χ0n) is 10.2. The van der Waals surface area contributed by atoms with Crippen LogP contribution in [-0.2, 0) is 11.2 Å².